The SMILES string of the molecule is O=C(O)C1(c2cc(-c3ccco3)on2)CCC1. The van der Waals surface area contributed by atoms with Crippen LogP contribution < -0.4 is 0 Å². The Hall–Kier alpha value is -2.04. The van der Waals surface area contributed by atoms with Gasteiger partial charge in [-0.05, 0) is 25.0 Å². The largest absolute Gasteiger partial charge is 0.481 e. The van der Waals surface area contributed by atoms with Crippen LogP contribution in [-0.2, 0) is 10.2 Å². The molecule has 1 aliphatic rings. The van der Waals surface area contributed by atoms with Crippen LogP contribution in [0.1, 0.15) is 25.0 Å². The molecule has 0 radical (unpaired) electrons. The summed E-state index contributed by atoms with van der Waals surface area (Å²) in [6.07, 6.45) is 3.68. The van der Waals surface area contributed by atoms with E-state index in [1.54, 1.807) is 18.2 Å². The van der Waals surface area contributed by atoms with Crippen LogP contribution in [0.25, 0.3) is 11.5 Å². The van der Waals surface area contributed by atoms with Gasteiger partial charge in [-0.1, -0.05) is 11.6 Å². The smallest absolute Gasteiger partial charge is 0.315 e. The maximum absolute atomic E-state index is 11.3. The molecule has 2 heterocycles. The molecule has 0 aliphatic heterocycles. The highest BCUT2D eigenvalue weighted by Gasteiger charge is 2.48. The molecule has 5 nitrogen and oxygen atoms in total. The fraction of sp³-hybridized carbons (Fsp3) is 0.333. The van der Waals surface area contributed by atoms with Gasteiger partial charge in [-0.15, -0.1) is 0 Å². The summed E-state index contributed by atoms with van der Waals surface area (Å²) in [5, 5.41) is 13.1. The zero-order valence-corrected chi connectivity index (χ0v) is 9.05. The van der Waals surface area contributed by atoms with E-state index >= 15 is 0 Å². The van der Waals surface area contributed by atoms with Gasteiger partial charge in [0.25, 0.3) is 0 Å². The van der Waals surface area contributed by atoms with E-state index in [9.17, 15) is 9.90 Å². The van der Waals surface area contributed by atoms with Crippen LogP contribution >= 0.6 is 0 Å². The third-order valence-corrected chi connectivity index (χ3v) is 3.38. The van der Waals surface area contributed by atoms with Crippen molar-refractivity contribution in [1.29, 1.82) is 0 Å². The average Bonchev–Trinajstić information content (AvgIpc) is 2.83. The third kappa shape index (κ3) is 1.39. The number of nitrogens with zero attached hydrogens (tertiary/aromatic N) is 1. The number of hydrogen-bond donors (Lipinski definition) is 1. The lowest BCUT2D eigenvalue weighted by molar-refractivity contribution is -0.147. The van der Waals surface area contributed by atoms with Gasteiger partial charge in [0.2, 0.25) is 5.76 Å². The van der Waals surface area contributed by atoms with Gasteiger partial charge >= 0.3 is 5.97 Å². The molecule has 0 saturated heterocycles. The molecule has 5 heteroatoms. The van der Waals surface area contributed by atoms with Crippen LogP contribution in [-0.4, -0.2) is 16.2 Å². The van der Waals surface area contributed by atoms with E-state index in [0.29, 0.717) is 30.1 Å². The van der Waals surface area contributed by atoms with E-state index in [2.05, 4.69) is 5.16 Å². The second-order valence-electron chi connectivity index (χ2n) is 4.29. The summed E-state index contributed by atoms with van der Waals surface area (Å²) in [6, 6.07) is 5.15. The summed E-state index contributed by atoms with van der Waals surface area (Å²) in [5.41, 5.74) is -0.364. The molecule has 1 fully saturated rings. The molecule has 2 aromatic rings. The van der Waals surface area contributed by atoms with Crippen LogP contribution in [0.5, 0.6) is 0 Å². The molecular formula is C12H11NO4. The van der Waals surface area contributed by atoms with Crippen molar-refractivity contribution in [2.75, 3.05) is 0 Å². The number of hydrogen-bond acceptors (Lipinski definition) is 4. The minimum atomic E-state index is -0.853. The first-order valence-corrected chi connectivity index (χ1v) is 5.47. The molecule has 2 aromatic heterocycles. The van der Waals surface area contributed by atoms with Gasteiger partial charge in [0.1, 0.15) is 11.1 Å². The van der Waals surface area contributed by atoms with Gasteiger partial charge in [0.05, 0.1) is 6.26 Å². The van der Waals surface area contributed by atoms with Crippen molar-refractivity contribution in [2.45, 2.75) is 24.7 Å². The van der Waals surface area contributed by atoms with Gasteiger partial charge in [0, 0.05) is 6.07 Å². The van der Waals surface area contributed by atoms with Gasteiger partial charge in [0.15, 0.2) is 5.76 Å². The Morgan fingerprint density at radius 1 is 1.41 bits per heavy atom. The first kappa shape index (κ1) is 10.1. The predicted octanol–water partition coefficient (Wildman–Crippen LogP) is 2.44. The molecule has 0 atom stereocenters. The van der Waals surface area contributed by atoms with Crippen molar-refractivity contribution < 1.29 is 18.8 Å². The lowest BCUT2D eigenvalue weighted by Crippen LogP contribution is -2.42. The zero-order valence-electron chi connectivity index (χ0n) is 9.05. The summed E-state index contributed by atoms with van der Waals surface area (Å²) in [6.45, 7) is 0. The van der Waals surface area contributed by atoms with Gasteiger partial charge in [-0.3, -0.25) is 4.79 Å². The highest BCUT2D eigenvalue weighted by atomic mass is 16.5. The molecule has 0 amide bonds. The normalized spacial score (nSPS) is 17.6. The highest BCUT2D eigenvalue weighted by molar-refractivity contribution is 5.82. The topological polar surface area (TPSA) is 76.5 Å². The van der Waals surface area contributed by atoms with Crippen molar-refractivity contribution in [2.24, 2.45) is 0 Å². The number of carboxylic acids is 1. The Morgan fingerprint density at radius 3 is 2.76 bits per heavy atom. The summed E-state index contributed by atoms with van der Waals surface area (Å²) in [7, 11) is 0. The first-order chi connectivity index (χ1) is 8.22. The number of furan rings is 1. The maximum atomic E-state index is 11.3. The Kier molecular flexibility index (Phi) is 2.07. The van der Waals surface area contributed by atoms with Gasteiger partial charge < -0.3 is 14.0 Å². The van der Waals surface area contributed by atoms with E-state index in [1.807, 2.05) is 0 Å². The van der Waals surface area contributed by atoms with Gasteiger partial charge in [-0.25, -0.2) is 0 Å². The van der Waals surface area contributed by atoms with Crippen LogP contribution in [0.2, 0.25) is 0 Å². The second-order valence-corrected chi connectivity index (χ2v) is 4.29. The molecule has 3 rings (SSSR count). The number of aliphatic carboxylic acids is 1. The first-order valence-electron chi connectivity index (χ1n) is 5.47. The second kappa shape index (κ2) is 3.48. The Balaban J connectivity index is 1.98. The molecule has 0 aromatic carbocycles. The van der Waals surface area contributed by atoms with E-state index in [4.69, 9.17) is 8.94 Å². The van der Waals surface area contributed by atoms with E-state index in [0.717, 1.165) is 6.42 Å². The summed E-state index contributed by atoms with van der Waals surface area (Å²) >= 11 is 0. The van der Waals surface area contributed by atoms with Crippen LogP contribution in [0.4, 0.5) is 0 Å². The maximum Gasteiger partial charge on any atom is 0.315 e. The molecule has 1 aliphatic carbocycles. The standard InChI is InChI=1S/C12H11NO4/c14-11(15)12(4-2-5-12)10-7-9(17-13-10)8-3-1-6-16-8/h1,3,6-7H,2,4-5H2,(H,14,15). The Labute approximate surface area is 97.0 Å². The number of aromatic nitrogens is 1. The minimum Gasteiger partial charge on any atom is -0.481 e. The number of rotatable bonds is 3. The monoisotopic (exact) mass is 233 g/mol. The van der Waals surface area contributed by atoms with E-state index in [1.165, 1.54) is 6.26 Å². The quantitative estimate of drug-likeness (QED) is 0.881. The molecule has 88 valence electrons. The van der Waals surface area contributed by atoms with Crippen LogP contribution in [0.15, 0.2) is 33.4 Å². The number of carboxylic acid groups (broad SMARTS) is 1. The molecular weight excluding hydrogens is 222 g/mol. The van der Waals surface area contributed by atoms with Crippen LogP contribution in [0, 0.1) is 0 Å². The molecule has 1 saturated carbocycles. The van der Waals surface area contributed by atoms with Crippen molar-refractivity contribution in [3.8, 4) is 11.5 Å². The highest BCUT2D eigenvalue weighted by Crippen LogP contribution is 2.44. The molecule has 0 unspecified atom stereocenters. The molecule has 0 bridgehead atoms. The predicted molar refractivity (Wildman–Crippen MR) is 57.4 cm³/mol. The Morgan fingerprint density at radius 2 is 2.24 bits per heavy atom. The summed E-state index contributed by atoms with van der Waals surface area (Å²) < 4.78 is 10.3. The van der Waals surface area contributed by atoms with E-state index in [-0.39, 0.29) is 0 Å². The third-order valence-electron chi connectivity index (χ3n) is 3.38. The lowest BCUT2D eigenvalue weighted by atomic mass is 9.66. The van der Waals surface area contributed by atoms with Crippen molar-refractivity contribution in [3.63, 3.8) is 0 Å². The summed E-state index contributed by atoms with van der Waals surface area (Å²) in [5.74, 6) is 0.198. The fourth-order valence-electron chi connectivity index (χ4n) is 2.15. The fourth-order valence-corrected chi connectivity index (χ4v) is 2.15. The molecule has 0 spiro atoms. The molecule has 1 N–H and O–H groups in total. The average molecular weight is 233 g/mol. The zero-order chi connectivity index (χ0) is 11.9. The minimum absolute atomic E-state index is 0.470. The van der Waals surface area contributed by atoms with Crippen molar-refractivity contribution in [3.05, 3.63) is 30.2 Å². The van der Waals surface area contributed by atoms with Crippen molar-refractivity contribution >= 4 is 5.97 Å². The molecule has 17 heavy (non-hydrogen) atoms. The van der Waals surface area contributed by atoms with E-state index < -0.39 is 11.4 Å². The lowest BCUT2D eigenvalue weighted by Gasteiger charge is -2.35. The number of carbonyl (C=O) groups is 1. The summed E-state index contributed by atoms with van der Waals surface area (Å²) in [4.78, 5) is 11.3. The van der Waals surface area contributed by atoms with Crippen molar-refractivity contribution in [1.82, 2.24) is 5.16 Å². The van der Waals surface area contributed by atoms with Crippen LogP contribution in [0.3, 0.4) is 0 Å². The Bertz CT molecular complexity index is 537. The van der Waals surface area contributed by atoms with Gasteiger partial charge in [-0.2, -0.15) is 0 Å².